The maximum Gasteiger partial charge on any atom is 0.308 e. The topological polar surface area (TPSA) is 40.5 Å². The summed E-state index contributed by atoms with van der Waals surface area (Å²) >= 11 is 0. The van der Waals surface area contributed by atoms with Crippen LogP contribution >= 0.6 is 0 Å². The molecule has 15 heavy (non-hydrogen) atoms. The van der Waals surface area contributed by atoms with E-state index in [2.05, 4.69) is 11.8 Å². The molecular weight excluding hydrogens is 190 g/mol. The van der Waals surface area contributed by atoms with Gasteiger partial charge >= 0.3 is 5.97 Å². The second-order valence-electron chi connectivity index (χ2n) is 4.97. The third-order valence-corrected chi connectivity index (χ3v) is 4.15. The van der Waals surface area contributed by atoms with Crippen molar-refractivity contribution in [2.45, 2.75) is 45.1 Å². The van der Waals surface area contributed by atoms with Crippen LogP contribution in [0, 0.1) is 11.8 Å². The van der Waals surface area contributed by atoms with Crippen molar-refractivity contribution in [3.8, 4) is 0 Å². The van der Waals surface area contributed by atoms with Crippen LogP contribution in [0.15, 0.2) is 0 Å². The van der Waals surface area contributed by atoms with Gasteiger partial charge in [-0.05, 0) is 38.1 Å². The average molecular weight is 211 g/mol. The number of rotatable bonds is 5. The zero-order valence-electron chi connectivity index (χ0n) is 9.48. The van der Waals surface area contributed by atoms with Crippen LogP contribution in [0.1, 0.15) is 39.0 Å². The molecule has 2 aliphatic rings. The molecule has 0 saturated heterocycles. The summed E-state index contributed by atoms with van der Waals surface area (Å²) in [5.41, 5.74) is 0. The lowest BCUT2D eigenvalue weighted by Gasteiger charge is -2.44. The van der Waals surface area contributed by atoms with Gasteiger partial charge < -0.3 is 5.11 Å². The second-order valence-corrected chi connectivity index (χ2v) is 4.97. The normalized spacial score (nSPS) is 31.1. The first-order chi connectivity index (χ1) is 7.22. The summed E-state index contributed by atoms with van der Waals surface area (Å²) in [5, 5.41) is 9.03. The molecule has 2 fully saturated rings. The predicted molar refractivity (Wildman–Crippen MR) is 58.7 cm³/mol. The quantitative estimate of drug-likeness (QED) is 0.756. The van der Waals surface area contributed by atoms with E-state index in [-0.39, 0.29) is 5.92 Å². The van der Waals surface area contributed by atoms with Crippen molar-refractivity contribution in [2.75, 3.05) is 13.1 Å². The minimum atomic E-state index is -0.599. The van der Waals surface area contributed by atoms with Crippen molar-refractivity contribution in [3.05, 3.63) is 0 Å². The lowest BCUT2D eigenvalue weighted by atomic mass is 9.77. The molecule has 1 N–H and O–H groups in total. The largest absolute Gasteiger partial charge is 0.481 e. The fourth-order valence-electron chi connectivity index (χ4n) is 2.71. The molecule has 0 aliphatic heterocycles. The Kier molecular flexibility index (Phi) is 3.29. The first kappa shape index (κ1) is 10.9. The molecular formula is C12H21NO2. The summed E-state index contributed by atoms with van der Waals surface area (Å²) < 4.78 is 0. The molecule has 0 bridgehead atoms. The van der Waals surface area contributed by atoms with E-state index in [0.717, 1.165) is 31.8 Å². The van der Waals surface area contributed by atoms with Gasteiger partial charge in [0, 0.05) is 12.6 Å². The minimum absolute atomic E-state index is 0.0926. The van der Waals surface area contributed by atoms with Gasteiger partial charge in [-0.2, -0.15) is 0 Å². The third-order valence-electron chi connectivity index (χ3n) is 4.15. The summed E-state index contributed by atoms with van der Waals surface area (Å²) in [5.74, 6) is 0.156. The van der Waals surface area contributed by atoms with Crippen LogP contribution < -0.4 is 0 Å². The Morgan fingerprint density at radius 1 is 1.33 bits per heavy atom. The van der Waals surface area contributed by atoms with Crippen molar-refractivity contribution in [1.82, 2.24) is 4.90 Å². The van der Waals surface area contributed by atoms with Gasteiger partial charge in [0.1, 0.15) is 0 Å². The van der Waals surface area contributed by atoms with Crippen LogP contribution in [0.2, 0.25) is 0 Å². The van der Waals surface area contributed by atoms with E-state index in [9.17, 15) is 4.79 Å². The molecule has 0 spiro atoms. The van der Waals surface area contributed by atoms with E-state index in [1.54, 1.807) is 0 Å². The highest BCUT2D eigenvalue weighted by molar-refractivity contribution is 5.72. The summed E-state index contributed by atoms with van der Waals surface area (Å²) in [6, 6.07) is 0.327. The highest BCUT2D eigenvalue weighted by Gasteiger charge is 2.40. The van der Waals surface area contributed by atoms with Gasteiger partial charge in [0.05, 0.1) is 5.92 Å². The monoisotopic (exact) mass is 211 g/mol. The molecule has 2 rings (SSSR count). The Bertz CT molecular complexity index is 238. The summed E-state index contributed by atoms with van der Waals surface area (Å²) in [6.45, 7) is 4.28. The van der Waals surface area contributed by atoms with E-state index in [0.29, 0.717) is 6.04 Å². The molecule has 2 aliphatic carbocycles. The first-order valence-corrected chi connectivity index (χ1v) is 6.19. The van der Waals surface area contributed by atoms with Crippen molar-refractivity contribution < 1.29 is 9.90 Å². The maximum atomic E-state index is 11.0. The molecule has 0 amide bonds. The molecule has 2 saturated carbocycles. The number of hydrogen-bond donors (Lipinski definition) is 1. The van der Waals surface area contributed by atoms with Crippen molar-refractivity contribution >= 4 is 5.97 Å². The van der Waals surface area contributed by atoms with E-state index in [1.807, 2.05) is 0 Å². The van der Waals surface area contributed by atoms with Crippen LogP contribution in [0.4, 0.5) is 0 Å². The molecule has 0 radical (unpaired) electrons. The van der Waals surface area contributed by atoms with Gasteiger partial charge in [0.2, 0.25) is 0 Å². The average Bonchev–Trinajstić information content (AvgIpc) is 2.05. The molecule has 86 valence electrons. The highest BCUT2D eigenvalue weighted by Crippen LogP contribution is 2.35. The number of nitrogens with zero attached hydrogens (tertiary/aromatic N) is 1. The minimum Gasteiger partial charge on any atom is -0.481 e. The van der Waals surface area contributed by atoms with Gasteiger partial charge in [-0.25, -0.2) is 0 Å². The van der Waals surface area contributed by atoms with Gasteiger partial charge in [0.25, 0.3) is 0 Å². The Hall–Kier alpha value is -0.570. The fourth-order valence-corrected chi connectivity index (χ4v) is 2.71. The molecule has 0 heterocycles. The van der Waals surface area contributed by atoms with E-state index < -0.39 is 5.97 Å². The Morgan fingerprint density at radius 3 is 2.40 bits per heavy atom. The SMILES string of the molecule is CCN(CC1CCC1)C1CCC1C(=O)O. The van der Waals surface area contributed by atoms with E-state index in [4.69, 9.17) is 5.11 Å². The zero-order valence-corrected chi connectivity index (χ0v) is 9.48. The Balaban J connectivity index is 1.85. The molecule has 0 aromatic heterocycles. The lowest BCUT2D eigenvalue weighted by molar-refractivity contribution is -0.149. The number of carboxylic acids is 1. The molecule has 0 aromatic carbocycles. The lowest BCUT2D eigenvalue weighted by Crippen LogP contribution is -2.52. The summed E-state index contributed by atoms with van der Waals surface area (Å²) in [4.78, 5) is 13.3. The third kappa shape index (κ3) is 2.17. The maximum absolute atomic E-state index is 11.0. The van der Waals surface area contributed by atoms with Gasteiger partial charge in [0.15, 0.2) is 0 Å². The van der Waals surface area contributed by atoms with E-state index in [1.165, 1.54) is 19.3 Å². The molecule has 2 atom stereocenters. The Morgan fingerprint density at radius 2 is 2.07 bits per heavy atom. The van der Waals surface area contributed by atoms with Crippen molar-refractivity contribution in [3.63, 3.8) is 0 Å². The van der Waals surface area contributed by atoms with Crippen LogP contribution in [0.25, 0.3) is 0 Å². The van der Waals surface area contributed by atoms with Crippen LogP contribution in [0.5, 0.6) is 0 Å². The smallest absolute Gasteiger partial charge is 0.308 e. The van der Waals surface area contributed by atoms with Crippen LogP contribution in [-0.4, -0.2) is 35.1 Å². The number of aliphatic carboxylic acids is 1. The molecule has 3 nitrogen and oxygen atoms in total. The summed E-state index contributed by atoms with van der Waals surface area (Å²) in [6.07, 6.45) is 6.02. The molecule has 2 unspecified atom stereocenters. The number of carboxylic acid groups (broad SMARTS) is 1. The van der Waals surface area contributed by atoms with Crippen molar-refractivity contribution in [1.29, 1.82) is 0 Å². The highest BCUT2D eigenvalue weighted by atomic mass is 16.4. The number of carbonyl (C=O) groups is 1. The van der Waals surface area contributed by atoms with Gasteiger partial charge in [-0.3, -0.25) is 9.69 Å². The molecule has 3 heteroatoms. The van der Waals surface area contributed by atoms with Gasteiger partial charge in [-0.1, -0.05) is 13.3 Å². The predicted octanol–water partition coefficient (Wildman–Crippen LogP) is 1.97. The standard InChI is InChI=1S/C12H21NO2/c1-2-13(8-9-4-3-5-9)11-7-6-10(11)12(14)15/h9-11H,2-8H2,1H3,(H,14,15). The fraction of sp³-hybridized carbons (Fsp3) is 0.917. The second kappa shape index (κ2) is 4.52. The Labute approximate surface area is 91.5 Å². The van der Waals surface area contributed by atoms with Gasteiger partial charge in [-0.15, -0.1) is 0 Å². The zero-order chi connectivity index (χ0) is 10.8. The van der Waals surface area contributed by atoms with E-state index >= 15 is 0 Å². The van der Waals surface area contributed by atoms with Crippen LogP contribution in [-0.2, 0) is 4.79 Å². The number of hydrogen-bond acceptors (Lipinski definition) is 2. The van der Waals surface area contributed by atoms with Crippen molar-refractivity contribution in [2.24, 2.45) is 11.8 Å². The first-order valence-electron chi connectivity index (χ1n) is 6.19. The molecule has 0 aromatic rings. The van der Waals surface area contributed by atoms with Crippen LogP contribution in [0.3, 0.4) is 0 Å². The summed E-state index contributed by atoms with van der Waals surface area (Å²) in [7, 11) is 0.